The zero-order chi connectivity index (χ0) is 20.6. The van der Waals surface area contributed by atoms with E-state index >= 15 is 0 Å². The van der Waals surface area contributed by atoms with Gasteiger partial charge in [0.15, 0.2) is 0 Å². The lowest BCUT2D eigenvalue weighted by molar-refractivity contribution is 0.0263. The van der Waals surface area contributed by atoms with E-state index in [2.05, 4.69) is 15.6 Å². The first-order chi connectivity index (χ1) is 13.9. The van der Waals surface area contributed by atoms with E-state index in [9.17, 15) is 9.18 Å². The van der Waals surface area contributed by atoms with Gasteiger partial charge in [0.25, 0.3) is 0 Å². The van der Waals surface area contributed by atoms with Gasteiger partial charge in [0.05, 0.1) is 11.7 Å². The van der Waals surface area contributed by atoms with Crippen molar-refractivity contribution in [2.45, 2.75) is 31.9 Å². The van der Waals surface area contributed by atoms with E-state index in [1.807, 2.05) is 31.2 Å². The minimum absolute atomic E-state index is 0.310. The summed E-state index contributed by atoms with van der Waals surface area (Å²) in [7, 11) is 0. The summed E-state index contributed by atoms with van der Waals surface area (Å²) in [5.74, 6) is 0.487. The summed E-state index contributed by atoms with van der Waals surface area (Å²) in [4.78, 5) is 17.1. The minimum atomic E-state index is -1.03. The van der Waals surface area contributed by atoms with Gasteiger partial charge in [-0.2, -0.15) is 0 Å². The minimum Gasteiger partial charge on any atom is -0.484 e. The topological polar surface area (TPSA) is 63.2 Å². The molecule has 0 fully saturated rings. The highest BCUT2D eigenvalue weighted by Gasteiger charge is 2.38. The summed E-state index contributed by atoms with van der Waals surface area (Å²) in [5.41, 5.74) is 1.29. The Morgan fingerprint density at radius 3 is 2.97 bits per heavy atom. The van der Waals surface area contributed by atoms with Gasteiger partial charge in [0.2, 0.25) is 0 Å². The number of carbonyl (C=O) groups excluding carboxylic acids is 1. The zero-order valence-electron chi connectivity index (χ0n) is 16.1. The molecule has 0 saturated carbocycles. The monoisotopic (exact) mass is 413 g/mol. The van der Waals surface area contributed by atoms with Crippen molar-refractivity contribution in [3.05, 3.63) is 64.9 Å². The molecule has 29 heavy (non-hydrogen) atoms. The molecule has 1 aromatic heterocycles. The highest BCUT2D eigenvalue weighted by molar-refractivity contribution is 6.30. The standard InChI is InChI=1S/C22H21ClFN3O2/c1-13-8-17-14(11-25-13)4-3-5-18(17)26-21(28)27-19-10-22(2,12-24)29-20-9-15(23)6-7-16(19)20/h3-9,11,19H,10,12H2,1-2H3,(H2,26,27,28)/t19-,22?/m1/s1. The molecule has 1 aliphatic heterocycles. The van der Waals surface area contributed by atoms with Gasteiger partial charge in [-0.3, -0.25) is 4.98 Å². The number of urea groups is 1. The molecule has 1 aliphatic rings. The maximum Gasteiger partial charge on any atom is 0.319 e. The molecular weight excluding hydrogens is 393 g/mol. The van der Waals surface area contributed by atoms with Crippen LogP contribution in [0, 0.1) is 6.92 Å². The maximum atomic E-state index is 13.6. The Morgan fingerprint density at radius 1 is 1.34 bits per heavy atom. The second-order valence-corrected chi connectivity index (χ2v) is 8.01. The van der Waals surface area contributed by atoms with Crippen LogP contribution in [0.4, 0.5) is 14.9 Å². The Bertz CT molecular complexity index is 1090. The van der Waals surface area contributed by atoms with Crippen LogP contribution >= 0.6 is 11.6 Å². The van der Waals surface area contributed by atoms with Gasteiger partial charge in [-0.05, 0) is 38.1 Å². The lowest BCUT2D eigenvalue weighted by Crippen LogP contribution is -2.45. The van der Waals surface area contributed by atoms with Crippen molar-refractivity contribution in [2.75, 3.05) is 12.0 Å². The highest BCUT2D eigenvalue weighted by atomic mass is 35.5. The van der Waals surface area contributed by atoms with E-state index in [1.54, 1.807) is 31.3 Å². The molecular formula is C22H21ClFN3O2. The lowest BCUT2D eigenvalue weighted by atomic mass is 9.89. The largest absolute Gasteiger partial charge is 0.484 e. The maximum absolute atomic E-state index is 13.6. The number of alkyl halides is 1. The Hall–Kier alpha value is -2.86. The fraction of sp³-hybridized carbons (Fsp3) is 0.273. The van der Waals surface area contributed by atoms with Gasteiger partial charge in [-0.15, -0.1) is 0 Å². The lowest BCUT2D eigenvalue weighted by Gasteiger charge is -2.38. The number of fused-ring (bicyclic) bond motifs is 2. The number of hydrogen-bond donors (Lipinski definition) is 2. The van der Waals surface area contributed by atoms with Crippen LogP contribution in [0.15, 0.2) is 48.7 Å². The van der Waals surface area contributed by atoms with Crippen molar-refractivity contribution >= 4 is 34.1 Å². The summed E-state index contributed by atoms with van der Waals surface area (Å²) >= 11 is 6.06. The Kier molecular flexibility index (Phi) is 5.04. The third-order valence-corrected chi connectivity index (χ3v) is 5.31. The van der Waals surface area contributed by atoms with Crippen LogP contribution in [0.2, 0.25) is 5.02 Å². The number of ether oxygens (including phenoxy) is 1. The predicted molar refractivity (Wildman–Crippen MR) is 112 cm³/mol. The molecule has 2 aromatic carbocycles. The number of rotatable bonds is 3. The second kappa shape index (κ2) is 7.52. The predicted octanol–water partition coefficient (Wildman–Crippen LogP) is 5.57. The van der Waals surface area contributed by atoms with Crippen LogP contribution in [0.5, 0.6) is 5.75 Å². The number of benzene rings is 2. The molecule has 3 aromatic rings. The van der Waals surface area contributed by atoms with E-state index in [-0.39, 0.29) is 6.03 Å². The number of carbonyl (C=O) groups is 1. The Labute approximate surface area is 173 Å². The molecule has 5 nitrogen and oxygen atoms in total. The van der Waals surface area contributed by atoms with Crippen LogP contribution in [0.25, 0.3) is 10.8 Å². The first-order valence-electron chi connectivity index (χ1n) is 9.34. The van der Waals surface area contributed by atoms with Gasteiger partial charge >= 0.3 is 6.03 Å². The van der Waals surface area contributed by atoms with Crippen molar-refractivity contribution < 1.29 is 13.9 Å². The summed E-state index contributed by atoms with van der Waals surface area (Å²) < 4.78 is 19.4. The van der Waals surface area contributed by atoms with Gasteiger partial charge in [-0.25, -0.2) is 9.18 Å². The number of amides is 2. The number of anilines is 1. The highest BCUT2D eigenvalue weighted by Crippen LogP contribution is 2.41. The number of hydrogen-bond acceptors (Lipinski definition) is 3. The van der Waals surface area contributed by atoms with Crippen LogP contribution in [-0.4, -0.2) is 23.3 Å². The number of nitrogens with one attached hydrogen (secondary N) is 2. The van der Waals surface area contributed by atoms with Gasteiger partial charge in [-0.1, -0.05) is 29.8 Å². The van der Waals surface area contributed by atoms with E-state index in [1.165, 1.54) is 0 Å². The number of pyridine rings is 1. The molecule has 150 valence electrons. The summed E-state index contributed by atoms with van der Waals surface area (Å²) in [6.45, 7) is 2.91. The molecule has 0 radical (unpaired) electrons. The third-order valence-electron chi connectivity index (χ3n) is 5.08. The van der Waals surface area contributed by atoms with Crippen molar-refractivity contribution in [3.8, 4) is 5.75 Å². The number of nitrogens with zero attached hydrogens (tertiary/aromatic N) is 1. The van der Waals surface area contributed by atoms with E-state index in [0.29, 0.717) is 22.9 Å². The van der Waals surface area contributed by atoms with E-state index < -0.39 is 18.3 Å². The number of aromatic nitrogens is 1. The molecule has 0 aliphatic carbocycles. The summed E-state index contributed by atoms with van der Waals surface area (Å²) in [5, 5.41) is 8.20. The molecule has 2 N–H and O–H groups in total. The average molecular weight is 414 g/mol. The number of halogens is 2. The Balaban J connectivity index is 1.59. The summed E-state index contributed by atoms with van der Waals surface area (Å²) in [6.07, 6.45) is 2.09. The fourth-order valence-electron chi connectivity index (χ4n) is 3.64. The molecule has 0 bridgehead atoms. The number of aryl methyl sites for hydroxylation is 1. The van der Waals surface area contributed by atoms with Gasteiger partial charge in [0, 0.05) is 39.7 Å². The molecule has 1 unspecified atom stereocenters. The van der Waals surface area contributed by atoms with Crippen molar-refractivity contribution in [2.24, 2.45) is 0 Å². The van der Waals surface area contributed by atoms with Crippen LogP contribution in [0.1, 0.15) is 30.6 Å². The molecule has 7 heteroatoms. The smallest absolute Gasteiger partial charge is 0.319 e. The molecule has 2 heterocycles. The molecule has 0 spiro atoms. The summed E-state index contributed by atoms with van der Waals surface area (Å²) in [6, 6.07) is 12.0. The first kappa shape index (κ1) is 19.5. The van der Waals surface area contributed by atoms with Crippen LogP contribution < -0.4 is 15.4 Å². The van der Waals surface area contributed by atoms with Crippen molar-refractivity contribution in [3.63, 3.8) is 0 Å². The van der Waals surface area contributed by atoms with E-state index in [0.717, 1.165) is 22.0 Å². The third kappa shape index (κ3) is 3.98. The zero-order valence-corrected chi connectivity index (χ0v) is 16.9. The molecule has 4 rings (SSSR count). The van der Waals surface area contributed by atoms with E-state index in [4.69, 9.17) is 16.3 Å². The van der Waals surface area contributed by atoms with Crippen LogP contribution in [-0.2, 0) is 0 Å². The fourth-order valence-corrected chi connectivity index (χ4v) is 3.81. The quantitative estimate of drug-likeness (QED) is 0.590. The normalized spacial score (nSPS) is 20.6. The van der Waals surface area contributed by atoms with Crippen LogP contribution in [0.3, 0.4) is 0 Å². The van der Waals surface area contributed by atoms with Gasteiger partial charge < -0.3 is 15.4 Å². The molecule has 0 saturated heterocycles. The first-order valence-corrected chi connectivity index (χ1v) is 9.72. The second-order valence-electron chi connectivity index (χ2n) is 7.58. The van der Waals surface area contributed by atoms with Crippen molar-refractivity contribution in [1.29, 1.82) is 0 Å². The average Bonchev–Trinajstić information content (AvgIpc) is 2.68. The van der Waals surface area contributed by atoms with Gasteiger partial charge in [0.1, 0.15) is 18.0 Å². The van der Waals surface area contributed by atoms with Crippen molar-refractivity contribution in [1.82, 2.24) is 10.3 Å². The molecule has 2 atom stereocenters. The SMILES string of the molecule is Cc1cc2c(NC(=O)N[C@@H]3CC(C)(CF)Oc4cc(Cl)ccc43)cccc2cn1. The molecule has 2 amide bonds. The Morgan fingerprint density at radius 2 is 2.17 bits per heavy atom.